The number of rotatable bonds is 30. The van der Waals surface area contributed by atoms with Crippen LogP contribution in [0.1, 0.15) is 213 Å². The van der Waals surface area contributed by atoms with Gasteiger partial charge in [-0.15, -0.1) is 0 Å². The highest BCUT2D eigenvalue weighted by molar-refractivity contribution is 4.78. The van der Waals surface area contributed by atoms with Crippen molar-refractivity contribution in [2.45, 2.75) is 219 Å². The molecule has 0 aromatic carbocycles. The zero-order chi connectivity index (χ0) is 25.7. The van der Waals surface area contributed by atoms with Crippen molar-refractivity contribution in [2.24, 2.45) is 0 Å². The van der Waals surface area contributed by atoms with Crippen molar-refractivity contribution < 1.29 is 5.11 Å². The Kier molecular flexibility index (Phi) is 28.5. The molecule has 0 spiro atoms. The van der Waals surface area contributed by atoms with Crippen LogP contribution in [0.4, 0.5) is 0 Å². The fraction of sp³-hybridized carbons (Fsp3) is 1.00. The van der Waals surface area contributed by atoms with E-state index in [1.165, 1.54) is 173 Å². The molecule has 0 heterocycles. The largest absolute Gasteiger partial charge is 0.390 e. The topological polar surface area (TPSA) is 20.2 Å². The van der Waals surface area contributed by atoms with E-state index in [2.05, 4.69) is 20.8 Å². The number of hydrogen-bond donors (Lipinski definition) is 1. The minimum Gasteiger partial charge on any atom is -0.390 e. The molecule has 1 nitrogen and oxygen atoms in total. The standard InChI is InChI=1S/C34H70O/c1-4-7-10-13-16-18-19-20-22-24-27-30-33-34(35,31-28-25-15-12-9-6-3)32-29-26-23-21-17-14-11-8-5-2/h35H,4-33H2,1-3H3. The molecule has 0 fully saturated rings. The van der Waals surface area contributed by atoms with Crippen molar-refractivity contribution in [3.8, 4) is 0 Å². The molecule has 0 aromatic rings. The number of aliphatic hydroxyl groups is 1. The molecule has 0 saturated heterocycles. The third-order valence-electron chi connectivity index (χ3n) is 8.24. The van der Waals surface area contributed by atoms with Crippen LogP contribution >= 0.6 is 0 Å². The molecule has 1 heteroatoms. The lowest BCUT2D eigenvalue weighted by atomic mass is 9.85. The van der Waals surface area contributed by atoms with Gasteiger partial charge in [-0.05, 0) is 19.3 Å². The van der Waals surface area contributed by atoms with Crippen LogP contribution in [-0.2, 0) is 0 Å². The molecular weight excluding hydrogens is 424 g/mol. The van der Waals surface area contributed by atoms with Crippen molar-refractivity contribution in [3.05, 3.63) is 0 Å². The molecule has 0 saturated carbocycles. The van der Waals surface area contributed by atoms with Gasteiger partial charge in [0.05, 0.1) is 5.60 Å². The maximum Gasteiger partial charge on any atom is 0.0647 e. The van der Waals surface area contributed by atoms with Gasteiger partial charge in [0.15, 0.2) is 0 Å². The third-order valence-corrected chi connectivity index (χ3v) is 8.24. The number of unbranched alkanes of at least 4 members (excludes halogenated alkanes) is 24. The first-order valence-electron chi connectivity index (χ1n) is 16.9. The first-order chi connectivity index (χ1) is 17.2. The molecule has 0 aliphatic rings. The Hall–Kier alpha value is -0.0400. The third kappa shape index (κ3) is 26.8. The van der Waals surface area contributed by atoms with Gasteiger partial charge in [-0.2, -0.15) is 0 Å². The van der Waals surface area contributed by atoms with Crippen LogP contribution in [0.25, 0.3) is 0 Å². The zero-order valence-corrected chi connectivity index (χ0v) is 25.2. The minimum absolute atomic E-state index is 0.371. The van der Waals surface area contributed by atoms with Crippen LogP contribution in [0.15, 0.2) is 0 Å². The van der Waals surface area contributed by atoms with Gasteiger partial charge in [-0.1, -0.05) is 194 Å². The summed E-state index contributed by atoms with van der Waals surface area (Å²) in [4.78, 5) is 0. The van der Waals surface area contributed by atoms with E-state index in [9.17, 15) is 5.11 Å². The first-order valence-corrected chi connectivity index (χ1v) is 16.9. The average molecular weight is 495 g/mol. The van der Waals surface area contributed by atoms with Gasteiger partial charge < -0.3 is 5.11 Å². The van der Waals surface area contributed by atoms with Gasteiger partial charge in [-0.25, -0.2) is 0 Å². The molecule has 0 aliphatic carbocycles. The van der Waals surface area contributed by atoms with E-state index < -0.39 is 0 Å². The fourth-order valence-corrected chi connectivity index (χ4v) is 5.67. The predicted molar refractivity (Wildman–Crippen MR) is 160 cm³/mol. The molecule has 0 amide bonds. The Bertz CT molecular complexity index is 379. The summed E-state index contributed by atoms with van der Waals surface area (Å²) in [6, 6.07) is 0. The maximum absolute atomic E-state index is 11.5. The normalized spacial score (nSPS) is 13.4. The van der Waals surface area contributed by atoms with Crippen molar-refractivity contribution in [1.82, 2.24) is 0 Å². The lowest BCUT2D eigenvalue weighted by Crippen LogP contribution is -2.28. The Morgan fingerprint density at radius 2 is 0.457 bits per heavy atom. The first kappa shape index (κ1) is 35.0. The van der Waals surface area contributed by atoms with Gasteiger partial charge in [0.1, 0.15) is 0 Å². The maximum atomic E-state index is 11.5. The van der Waals surface area contributed by atoms with Crippen molar-refractivity contribution in [1.29, 1.82) is 0 Å². The average Bonchev–Trinajstić information content (AvgIpc) is 2.86. The minimum atomic E-state index is -0.371. The highest BCUT2D eigenvalue weighted by Crippen LogP contribution is 2.29. The van der Waals surface area contributed by atoms with E-state index >= 15 is 0 Å². The Labute approximate surface area is 224 Å². The SMILES string of the molecule is CCCCCCCCCCCCCCC(O)(CCCCCCCC)CCCCCCCCCCC. The molecule has 0 radical (unpaired) electrons. The fourth-order valence-electron chi connectivity index (χ4n) is 5.67. The summed E-state index contributed by atoms with van der Waals surface area (Å²) in [5.74, 6) is 0. The van der Waals surface area contributed by atoms with Crippen LogP contribution in [0.3, 0.4) is 0 Å². The highest BCUT2D eigenvalue weighted by atomic mass is 16.3. The van der Waals surface area contributed by atoms with Crippen molar-refractivity contribution >= 4 is 0 Å². The zero-order valence-electron chi connectivity index (χ0n) is 25.2. The van der Waals surface area contributed by atoms with Gasteiger partial charge in [0, 0.05) is 0 Å². The molecule has 212 valence electrons. The van der Waals surface area contributed by atoms with Gasteiger partial charge in [-0.3, -0.25) is 0 Å². The van der Waals surface area contributed by atoms with E-state index in [1.807, 2.05) is 0 Å². The van der Waals surface area contributed by atoms with E-state index in [-0.39, 0.29) is 5.60 Å². The summed E-state index contributed by atoms with van der Waals surface area (Å²) in [5.41, 5.74) is -0.371. The Morgan fingerprint density at radius 3 is 0.657 bits per heavy atom. The Balaban J connectivity index is 3.96. The van der Waals surface area contributed by atoms with E-state index in [4.69, 9.17) is 0 Å². The monoisotopic (exact) mass is 495 g/mol. The second-order valence-corrected chi connectivity index (χ2v) is 12.0. The van der Waals surface area contributed by atoms with E-state index in [0.29, 0.717) is 0 Å². The molecule has 0 bridgehead atoms. The van der Waals surface area contributed by atoms with Crippen LogP contribution in [-0.4, -0.2) is 10.7 Å². The van der Waals surface area contributed by atoms with Gasteiger partial charge in [0.25, 0.3) is 0 Å². The molecule has 35 heavy (non-hydrogen) atoms. The van der Waals surface area contributed by atoms with Crippen LogP contribution in [0.2, 0.25) is 0 Å². The smallest absolute Gasteiger partial charge is 0.0647 e. The summed E-state index contributed by atoms with van der Waals surface area (Å²) in [6.45, 7) is 6.88. The van der Waals surface area contributed by atoms with Crippen LogP contribution < -0.4 is 0 Å². The lowest BCUT2D eigenvalue weighted by molar-refractivity contribution is 0.00704. The highest BCUT2D eigenvalue weighted by Gasteiger charge is 2.25. The molecule has 0 rings (SSSR count). The lowest BCUT2D eigenvalue weighted by Gasteiger charge is -2.29. The molecule has 1 N–H and O–H groups in total. The summed E-state index contributed by atoms with van der Waals surface area (Å²) in [5, 5.41) is 11.5. The Morgan fingerprint density at radius 1 is 0.286 bits per heavy atom. The van der Waals surface area contributed by atoms with E-state index in [0.717, 1.165) is 19.3 Å². The quantitative estimate of drug-likeness (QED) is 0.0984. The molecule has 0 aliphatic heterocycles. The molecule has 1 atom stereocenters. The summed E-state index contributed by atoms with van der Waals surface area (Å²) in [6.07, 6.45) is 40.3. The number of hydrogen-bond acceptors (Lipinski definition) is 1. The van der Waals surface area contributed by atoms with Crippen LogP contribution in [0.5, 0.6) is 0 Å². The molecule has 1 unspecified atom stereocenters. The summed E-state index contributed by atoms with van der Waals surface area (Å²) in [7, 11) is 0. The van der Waals surface area contributed by atoms with E-state index in [1.54, 1.807) is 0 Å². The summed E-state index contributed by atoms with van der Waals surface area (Å²) >= 11 is 0. The van der Waals surface area contributed by atoms with Crippen molar-refractivity contribution in [3.63, 3.8) is 0 Å². The van der Waals surface area contributed by atoms with Crippen LogP contribution in [0, 0.1) is 0 Å². The summed E-state index contributed by atoms with van der Waals surface area (Å²) < 4.78 is 0. The second kappa shape index (κ2) is 28.5. The molecule has 0 aromatic heterocycles. The van der Waals surface area contributed by atoms with Gasteiger partial charge >= 0.3 is 0 Å². The van der Waals surface area contributed by atoms with Gasteiger partial charge in [0.2, 0.25) is 0 Å². The van der Waals surface area contributed by atoms with Crippen molar-refractivity contribution in [2.75, 3.05) is 0 Å². The molecular formula is C34H70O. The predicted octanol–water partition coefficient (Wildman–Crippen LogP) is 12.5. The second-order valence-electron chi connectivity index (χ2n) is 12.0.